The van der Waals surface area contributed by atoms with E-state index in [1.54, 1.807) is 12.1 Å². The molecule has 0 aliphatic heterocycles. The molecule has 0 saturated heterocycles. The van der Waals surface area contributed by atoms with Crippen LogP contribution in [0.1, 0.15) is 50.0 Å². The van der Waals surface area contributed by atoms with Crippen molar-refractivity contribution in [1.29, 1.82) is 0 Å². The van der Waals surface area contributed by atoms with Gasteiger partial charge in [0.2, 0.25) is 0 Å². The predicted molar refractivity (Wildman–Crippen MR) is 99.5 cm³/mol. The van der Waals surface area contributed by atoms with Gasteiger partial charge in [0, 0.05) is 5.39 Å². The van der Waals surface area contributed by atoms with Gasteiger partial charge in [0.25, 0.3) is 0 Å². The van der Waals surface area contributed by atoms with E-state index in [4.69, 9.17) is 0 Å². The van der Waals surface area contributed by atoms with Crippen LogP contribution in [0.5, 0.6) is 5.75 Å². The summed E-state index contributed by atoms with van der Waals surface area (Å²) in [6, 6.07) is 6.07. The van der Waals surface area contributed by atoms with Gasteiger partial charge < -0.3 is 4.74 Å². The lowest BCUT2D eigenvalue weighted by Crippen LogP contribution is -2.20. The van der Waals surface area contributed by atoms with Gasteiger partial charge in [0.15, 0.2) is 24.0 Å². The maximum absolute atomic E-state index is 14.5. The van der Waals surface area contributed by atoms with Gasteiger partial charge in [-0.3, -0.25) is 0 Å². The summed E-state index contributed by atoms with van der Waals surface area (Å²) in [6.45, 7) is 2.02. The van der Waals surface area contributed by atoms with Gasteiger partial charge in [-0.25, -0.2) is 8.78 Å². The smallest absolute Gasteiger partial charge is 0.422 e. The minimum Gasteiger partial charge on any atom is -0.478 e. The number of hydrogen-bond acceptors (Lipinski definition) is 1. The van der Waals surface area contributed by atoms with Gasteiger partial charge in [0.05, 0.1) is 0 Å². The lowest BCUT2D eigenvalue weighted by Gasteiger charge is -2.29. The molecule has 0 heterocycles. The molecule has 0 amide bonds. The highest BCUT2D eigenvalue weighted by Crippen LogP contribution is 2.39. The van der Waals surface area contributed by atoms with Crippen molar-refractivity contribution in [1.82, 2.24) is 0 Å². The number of hydrogen-bond donors (Lipinski definition) is 0. The Bertz CT molecular complexity index is 835. The van der Waals surface area contributed by atoms with Crippen molar-refractivity contribution in [3.63, 3.8) is 0 Å². The van der Waals surface area contributed by atoms with Gasteiger partial charge in [-0.15, -0.1) is 6.58 Å². The Morgan fingerprint density at radius 2 is 1.79 bits per heavy atom. The van der Waals surface area contributed by atoms with Crippen LogP contribution in [0, 0.1) is 17.6 Å². The summed E-state index contributed by atoms with van der Waals surface area (Å²) in [5.41, 5.74) is 1.01. The summed E-state index contributed by atoms with van der Waals surface area (Å²) in [7, 11) is 0. The molecular formula is C22H23F5O. The normalized spacial score (nSPS) is 20.3. The fourth-order valence-corrected chi connectivity index (χ4v) is 4.01. The highest BCUT2D eigenvalue weighted by Gasteiger charge is 2.30. The summed E-state index contributed by atoms with van der Waals surface area (Å²) < 4.78 is 69.9. The largest absolute Gasteiger partial charge is 0.478 e. The molecule has 0 atom stereocenters. The lowest BCUT2D eigenvalue weighted by molar-refractivity contribution is -0.154. The third-order valence-corrected chi connectivity index (χ3v) is 5.49. The van der Waals surface area contributed by atoms with Crippen LogP contribution in [0.25, 0.3) is 10.8 Å². The minimum atomic E-state index is -4.66. The molecule has 2 aromatic rings. The SMILES string of the molecule is C=CCCC1CCC(c2ccc3c(F)c(OCC(F)(F)F)c(F)cc3c2)CC1. The Balaban J connectivity index is 1.78. The monoisotopic (exact) mass is 398 g/mol. The number of halogens is 5. The molecule has 1 fully saturated rings. The third-order valence-electron chi connectivity index (χ3n) is 5.49. The quantitative estimate of drug-likeness (QED) is 0.366. The second kappa shape index (κ2) is 8.50. The highest BCUT2D eigenvalue weighted by molar-refractivity contribution is 5.85. The average molecular weight is 398 g/mol. The van der Waals surface area contributed by atoms with Gasteiger partial charge in [-0.05, 0) is 67.4 Å². The zero-order chi connectivity index (χ0) is 20.3. The topological polar surface area (TPSA) is 9.23 Å². The van der Waals surface area contributed by atoms with Crippen LogP contribution in [0.4, 0.5) is 22.0 Å². The van der Waals surface area contributed by atoms with Gasteiger partial charge in [-0.2, -0.15) is 13.2 Å². The molecule has 152 valence electrons. The number of benzene rings is 2. The molecule has 3 rings (SSSR count). The summed E-state index contributed by atoms with van der Waals surface area (Å²) in [5.74, 6) is -2.19. The molecule has 0 bridgehead atoms. The van der Waals surface area contributed by atoms with E-state index in [1.165, 1.54) is 6.07 Å². The predicted octanol–water partition coefficient (Wildman–Crippen LogP) is 7.30. The zero-order valence-electron chi connectivity index (χ0n) is 15.5. The van der Waals surface area contributed by atoms with Gasteiger partial charge in [-0.1, -0.05) is 24.3 Å². The van der Waals surface area contributed by atoms with E-state index in [2.05, 4.69) is 11.3 Å². The molecule has 1 nitrogen and oxygen atoms in total. The molecule has 28 heavy (non-hydrogen) atoms. The number of ether oxygens (including phenoxy) is 1. The van der Waals surface area contributed by atoms with Crippen molar-refractivity contribution in [3.8, 4) is 5.75 Å². The maximum atomic E-state index is 14.5. The van der Waals surface area contributed by atoms with E-state index in [0.717, 1.165) is 50.2 Å². The minimum absolute atomic E-state index is 0.0574. The number of rotatable bonds is 6. The van der Waals surface area contributed by atoms with Gasteiger partial charge in [0.1, 0.15) is 0 Å². The van der Waals surface area contributed by atoms with Crippen LogP contribution >= 0.6 is 0 Å². The lowest BCUT2D eigenvalue weighted by atomic mass is 9.77. The van der Waals surface area contributed by atoms with Crippen LogP contribution in [0.2, 0.25) is 0 Å². The molecule has 0 aromatic heterocycles. The molecule has 1 aliphatic rings. The van der Waals surface area contributed by atoms with Crippen LogP contribution in [0.3, 0.4) is 0 Å². The molecule has 0 spiro atoms. The standard InChI is InChI=1S/C22H23F5O/c1-2-3-4-14-5-7-15(8-6-14)16-9-10-18-17(11-16)12-19(23)21(20(18)24)28-13-22(25,26)27/h2,9-12,14-15H,1,3-8,13H2. The Morgan fingerprint density at radius 3 is 2.43 bits per heavy atom. The molecule has 1 saturated carbocycles. The van der Waals surface area contributed by atoms with Crippen LogP contribution in [0.15, 0.2) is 36.9 Å². The van der Waals surface area contributed by atoms with Crippen molar-refractivity contribution in [2.24, 2.45) is 5.92 Å². The fraction of sp³-hybridized carbons (Fsp3) is 0.455. The van der Waals surface area contributed by atoms with E-state index in [-0.39, 0.29) is 5.39 Å². The first kappa shape index (κ1) is 20.6. The Morgan fingerprint density at radius 1 is 1.07 bits per heavy atom. The van der Waals surface area contributed by atoms with E-state index < -0.39 is 30.2 Å². The molecule has 2 aromatic carbocycles. The molecular weight excluding hydrogens is 375 g/mol. The van der Waals surface area contributed by atoms with Crippen molar-refractivity contribution >= 4 is 10.8 Å². The fourth-order valence-electron chi connectivity index (χ4n) is 4.01. The Kier molecular flexibility index (Phi) is 6.26. The summed E-state index contributed by atoms with van der Waals surface area (Å²) in [5, 5.41) is 0.391. The van der Waals surface area contributed by atoms with Crippen LogP contribution in [-0.2, 0) is 0 Å². The van der Waals surface area contributed by atoms with E-state index >= 15 is 0 Å². The van der Waals surface area contributed by atoms with E-state index in [0.29, 0.717) is 17.2 Å². The Hall–Kier alpha value is -2.11. The molecule has 0 N–H and O–H groups in total. The molecule has 1 aliphatic carbocycles. The van der Waals surface area contributed by atoms with E-state index in [9.17, 15) is 22.0 Å². The van der Waals surface area contributed by atoms with Crippen LogP contribution in [-0.4, -0.2) is 12.8 Å². The number of fused-ring (bicyclic) bond motifs is 1. The first-order valence-electron chi connectivity index (χ1n) is 9.50. The van der Waals surface area contributed by atoms with Crippen molar-refractivity contribution < 1.29 is 26.7 Å². The highest BCUT2D eigenvalue weighted by atomic mass is 19.4. The van der Waals surface area contributed by atoms with Crippen molar-refractivity contribution in [2.45, 2.75) is 50.6 Å². The van der Waals surface area contributed by atoms with Crippen molar-refractivity contribution in [3.05, 3.63) is 54.1 Å². The third kappa shape index (κ3) is 4.83. The summed E-state index contributed by atoms with van der Waals surface area (Å²) in [4.78, 5) is 0. The average Bonchev–Trinajstić information content (AvgIpc) is 2.65. The Labute approximate surface area is 161 Å². The second-order valence-electron chi connectivity index (χ2n) is 7.47. The molecule has 6 heteroatoms. The number of alkyl halides is 3. The zero-order valence-corrected chi connectivity index (χ0v) is 15.5. The van der Waals surface area contributed by atoms with Gasteiger partial charge >= 0.3 is 6.18 Å². The van der Waals surface area contributed by atoms with Crippen molar-refractivity contribution in [2.75, 3.05) is 6.61 Å². The summed E-state index contributed by atoms with van der Waals surface area (Å²) in [6.07, 6.45) is 3.70. The first-order chi connectivity index (χ1) is 13.3. The maximum Gasteiger partial charge on any atom is 0.422 e. The van der Waals surface area contributed by atoms with Crippen LogP contribution < -0.4 is 4.74 Å². The molecule has 0 radical (unpaired) electrons. The second-order valence-corrected chi connectivity index (χ2v) is 7.47. The van der Waals surface area contributed by atoms with E-state index in [1.807, 2.05) is 6.08 Å². The molecule has 0 unspecified atom stereocenters. The summed E-state index contributed by atoms with van der Waals surface area (Å²) >= 11 is 0. The first-order valence-corrected chi connectivity index (χ1v) is 9.50. The number of allylic oxidation sites excluding steroid dienone is 1.